The van der Waals surface area contributed by atoms with Crippen molar-refractivity contribution in [2.24, 2.45) is 7.05 Å². The lowest BCUT2D eigenvalue weighted by molar-refractivity contribution is 0.703. The van der Waals surface area contributed by atoms with Crippen LogP contribution in [-0.4, -0.2) is 22.1 Å². The smallest absolute Gasteiger partial charge is 0.282 e. The van der Waals surface area contributed by atoms with Crippen molar-refractivity contribution in [3.05, 3.63) is 50.3 Å². The van der Waals surface area contributed by atoms with Crippen LogP contribution in [0, 0.1) is 0 Å². The standard InChI is InChI=1S/C13H13BrClN3OS/c1-18-13(19)12(14)11(8-17-18)16-6-7-20-10-4-2-9(15)3-5-10/h2-5,8,16H,6-7H2,1H3. The normalized spacial score (nSPS) is 10.6. The van der Waals surface area contributed by atoms with Gasteiger partial charge in [-0.25, -0.2) is 4.68 Å². The van der Waals surface area contributed by atoms with Crippen molar-refractivity contribution in [1.82, 2.24) is 9.78 Å². The molecule has 0 spiro atoms. The molecule has 0 radical (unpaired) electrons. The Morgan fingerprint density at radius 2 is 2.10 bits per heavy atom. The number of aryl methyl sites for hydroxylation is 1. The van der Waals surface area contributed by atoms with Gasteiger partial charge in [-0.05, 0) is 40.2 Å². The minimum Gasteiger partial charge on any atom is -0.382 e. The Labute approximate surface area is 134 Å². The summed E-state index contributed by atoms with van der Waals surface area (Å²) < 4.78 is 1.80. The number of hydrogen-bond donors (Lipinski definition) is 1. The van der Waals surface area contributed by atoms with Crippen molar-refractivity contribution in [3.63, 3.8) is 0 Å². The fraction of sp³-hybridized carbons (Fsp3) is 0.231. The number of nitrogens with one attached hydrogen (secondary N) is 1. The first-order valence-electron chi connectivity index (χ1n) is 5.92. The topological polar surface area (TPSA) is 46.9 Å². The highest BCUT2D eigenvalue weighted by Crippen LogP contribution is 2.21. The van der Waals surface area contributed by atoms with E-state index in [9.17, 15) is 4.79 Å². The fourth-order valence-corrected chi connectivity index (χ4v) is 2.91. The van der Waals surface area contributed by atoms with Crippen molar-refractivity contribution in [1.29, 1.82) is 0 Å². The molecular weight excluding hydrogens is 362 g/mol. The highest BCUT2D eigenvalue weighted by Gasteiger charge is 2.05. The zero-order valence-electron chi connectivity index (χ0n) is 10.8. The van der Waals surface area contributed by atoms with Crippen LogP contribution in [-0.2, 0) is 7.05 Å². The van der Waals surface area contributed by atoms with Gasteiger partial charge in [-0.1, -0.05) is 11.6 Å². The average Bonchev–Trinajstić information content (AvgIpc) is 2.45. The van der Waals surface area contributed by atoms with Gasteiger partial charge in [0.15, 0.2) is 0 Å². The zero-order chi connectivity index (χ0) is 14.5. The Hall–Kier alpha value is -0.980. The van der Waals surface area contributed by atoms with Crippen LogP contribution in [0.15, 0.2) is 44.6 Å². The van der Waals surface area contributed by atoms with Crippen molar-refractivity contribution in [2.75, 3.05) is 17.6 Å². The van der Waals surface area contributed by atoms with Crippen LogP contribution in [0.2, 0.25) is 5.02 Å². The van der Waals surface area contributed by atoms with E-state index < -0.39 is 0 Å². The fourth-order valence-electron chi connectivity index (χ4n) is 1.52. The number of hydrogen-bond acceptors (Lipinski definition) is 4. The van der Waals surface area contributed by atoms with E-state index in [1.54, 1.807) is 25.0 Å². The number of anilines is 1. The largest absolute Gasteiger partial charge is 0.382 e. The van der Waals surface area contributed by atoms with Crippen molar-refractivity contribution in [2.45, 2.75) is 4.90 Å². The Morgan fingerprint density at radius 3 is 2.80 bits per heavy atom. The molecular formula is C13H13BrClN3OS. The van der Waals surface area contributed by atoms with Crippen LogP contribution >= 0.6 is 39.3 Å². The van der Waals surface area contributed by atoms with Gasteiger partial charge >= 0.3 is 0 Å². The molecule has 0 fully saturated rings. The number of nitrogens with zero attached hydrogens (tertiary/aromatic N) is 2. The van der Waals surface area contributed by atoms with Crippen LogP contribution in [0.1, 0.15) is 0 Å². The van der Waals surface area contributed by atoms with E-state index in [2.05, 4.69) is 26.3 Å². The maximum absolute atomic E-state index is 11.7. The summed E-state index contributed by atoms with van der Waals surface area (Å²) in [7, 11) is 1.62. The van der Waals surface area contributed by atoms with Gasteiger partial charge in [-0.3, -0.25) is 4.79 Å². The quantitative estimate of drug-likeness (QED) is 0.643. The molecule has 0 amide bonds. The highest BCUT2D eigenvalue weighted by atomic mass is 79.9. The van der Waals surface area contributed by atoms with Gasteiger partial charge in [0.25, 0.3) is 5.56 Å². The minimum absolute atomic E-state index is 0.152. The third-order valence-electron chi connectivity index (χ3n) is 2.58. The minimum atomic E-state index is -0.152. The van der Waals surface area contributed by atoms with E-state index in [1.807, 2.05) is 24.3 Å². The van der Waals surface area contributed by atoms with Gasteiger partial charge in [-0.2, -0.15) is 5.10 Å². The second kappa shape index (κ2) is 7.15. The number of thioether (sulfide) groups is 1. The maximum Gasteiger partial charge on any atom is 0.282 e. The average molecular weight is 375 g/mol. The first-order chi connectivity index (χ1) is 9.58. The molecule has 7 heteroatoms. The van der Waals surface area contributed by atoms with Crippen LogP contribution in [0.4, 0.5) is 5.69 Å². The Balaban J connectivity index is 1.86. The van der Waals surface area contributed by atoms with Crippen LogP contribution in [0.25, 0.3) is 0 Å². The van der Waals surface area contributed by atoms with Gasteiger partial charge in [0.1, 0.15) is 4.47 Å². The van der Waals surface area contributed by atoms with Crippen LogP contribution < -0.4 is 10.9 Å². The van der Waals surface area contributed by atoms with E-state index in [0.717, 1.165) is 22.2 Å². The van der Waals surface area contributed by atoms with Crippen LogP contribution in [0.5, 0.6) is 0 Å². The lowest BCUT2D eigenvalue weighted by Crippen LogP contribution is -2.21. The summed E-state index contributed by atoms with van der Waals surface area (Å²) in [5.74, 6) is 0.878. The summed E-state index contributed by atoms with van der Waals surface area (Å²) in [4.78, 5) is 12.8. The molecule has 0 atom stereocenters. The molecule has 1 N–H and O–H groups in total. The molecule has 2 rings (SSSR count). The molecule has 2 aromatic rings. The van der Waals surface area contributed by atoms with Gasteiger partial charge in [-0.15, -0.1) is 11.8 Å². The second-order valence-corrected chi connectivity index (χ2v) is 6.43. The monoisotopic (exact) mass is 373 g/mol. The number of halogens is 2. The van der Waals surface area contributed by atoms with E-state index in [4.69, 9.17) is 11.6 Å². The molecule has 106 valence electrons. The molecule has 1 aromatic heterocycles. The van der Waals surface area contributed by atoms with E-state index in [1.165, 1.54) is 4.68 Å². The van der Waals surface area contributed by atoms with Crippen LogP contribution in [0.3, 0.4) is 0 Å². The molecule has 0 saturated carbocycles. The third kappa shape index (κ3) is 4.01. The summed E-state index contributed by atoms with van der Waals surface area (Å²) in [6.45, 7) is 0.737. The second-order valence-electron chi connectivity index (χ2n) is 4.03. The van der Waals surface area contributed by atoms with Gasteiger partial charge in [0.05, 0.1) is 11.9 Å². The van der Waals surface area contributed by atoms with E-state index >= 15 is 0 Å². The molecule has 20 heavy (non-hydrogen) atoms. The summed E-state index contributed by atoms with van der Waals surface area (Å²) in [6.07, 6.45) is 1.64. The maximum atomic E-state index is 11.7. The molecule has 0 bridgehead atoms. The van der Waals surface area contributed by atoms with Gasteiger partial charge in [0, 0.05) is 29.3 Å². The Kier molecular flexibility index (Phi) is 5.51. The summed E-state index contributed by atoms with van der Waals surface area (Å²) >= 11 is 10.8. The number of rotatable bonds is 5. The predicted molar refractivity (Wildman–Crippen MR) is 87.8 cm³/mol. The lowest BCUT2D eigenvalue weighted by Gasteiger charge is -2.08. The molecule has 0 aliphatic rings. The molecule has 0 aliphatic heterocycles. The summed E-state index contributed by atoms with van der Waals surface area (Å²) in [5, 5.41) is 7.91. The van der Waals surface area contributed by atoms with E-state index in [0.29, 0.717) is 10.2 Å². The Bertz CT molecular complexity index is 645. The third-order valence-corrected chi connectivity index (χ3v) is 4.61. The van der Waals surface area contributed by atoms with Crippen molar-refractivity contribution >= 4 is 45.0 Å². The van der Waals surface area contributed by atoms with Crippen molar-refractivity contribution in [3.8, 4) is 0 Å². The molecule has 0 aliphatic carbocycles. The molecule has 1 heterocycles. The van der Waals surface area contributed by atoms with Gasteiger partial charge < -0.3 is 5.32 Å². The Morgan fingerprint density at radius 1 is 1.40 bits per heavy atom. The molecule has 0 saturated heterocycles. The first kappa shape index (κ1) is 15.4. The summed E-state index contributed by atoms with van der Waals surface area (Å²) in [5.41, 5.74) is 0.560. The summed E-state index contributed by atoms with van der Waals surface area (Å²) in [6, 6.07) is 7.73. The predicted octanol–water partition coefficient (Wildman–Crippen LogP) is 3.40. The zero-order valence-corrected chi connectivity index (χ0v) is 13.9. The number of benzene rings is 1. The SMILES string of the molecule is Cn1ncc(NCCSc2ccc(Cl)cc2)c(Br)c1=O. The molecule has 0 unspecified atom stereocenters. The van der Waals surface area contributed by atoms with Gasteiger partial charge in [0.2, 0.25) is 0 Å². The van der Waals surface area contributed by atoms with E-state index in [-0.39, 0.29) is 5.56 Å². The highest BCUT2D eigenvalue weighted by molar-refractivity contribution is 9.10. The molecule has 1 aromatic carbocycles. The lowest BCUT2D eigenvalue weighted by atomic mass is 10.4. The molecule has 4 nitrogen and oxygen atoms in total. The number of aromatic nitrogens is 2. The first-order valence-corrected chi connectivity index (χ1v) is 8.07. The van der Waals surface area contributed by atoms with Crippen molar-refractivity contribution < 1.29 is 0 Å².